The summed E-state index contributed by atoms with van der Waals surface area (Å²) in [5, 5.41) is 9.94. The van der Waals surface area contributed by atoms with Crippen molar-refractivity contribution < 1.29 is 9.84 Å². The third-order valence-electron chi connectivity index (χ3n) is 3.29. The number of likely N-dealkylation sites (tertiary alicyclic amines) is 1. The van der Waals surface area contributed by atoms with Crippen molar-refractivity contribution in [3.63, 3.8) is 0 Å². The van der Waals surface area contributed by atoms with Crippen LogP contribution in [-0.2, 0) is 4.74 Å². The third-order valence-corrected chi connectivity index (χ3v) is 3.29. The lowest BCUT2D eigenvalue weighted by Gasteiger charge is -2.38. The monoisotopic (exact) mass is 229 g/mol. The number of ether oxygens (including phenoxy) is 1. The molecule has 1 atom stereocenters. The zero-order valence-corrected chi connectivity index (χ0v) is 11.4. The average Bonchev–Trinajstić information content (AvgIpc) is 2.15. The molecule has 1 unspecified atom stereocenters. The third kappa shape index (κ3) is 4.40. The molecule has 0 amide bonds. The molecule has 0 saturated carbocycles. The quantitative estimate of drug-likeness (QED) is 0.755. The van der Waals surface area contributed by atoms with E-state index in [2.05, 4.69) is 13.8 Å². The van der Waals surface area contributed by atoms with E-state index in [-0.39, 0.29) is 5.60 Å². The van der Waals surface area contributed by atoms with Gasteiger partial charge in [0, 0.05) is 13.1 Å². The van der Waals surface area contributed by atoms with Gasteiger partial charge in [0.15, 0.2) is 0 Å². The molecule has 0 bridgehead atoms. The van der Waals surface area contributed by atoms with Gasteiger partial charge >= 0.3 is 0 Å². The largest absolute Gasteiger partial charge is 0.356 e. The predicted molar refractivity (Wildman–Crippen MR) is 66.0 cm³/mol. The predicted octanol–water partition coefficient (Wildman–Crippen LogP) is 2.45. The molecule has 1 aliphatic heterocycles. The van der Waals surface area contributed by atoms with Crippen molar-refractivity contribution in [1.29, 1.82) is 0 Å². The molecule has 0 aromatic heterocycles. The highest BCUT2D eigenvalue weighted by molar-refractivity contribution is 4.74. The Morgan fingerprint density at radius 3 is 2.06 bits per heavy atom. The van der Waals surface area contributed by atoms with Gasteiger partial charge in [-0.15, -0.1) is 0 Å². The van der Waals surface area contributed by atoms with Crippen LogP contribution in [0.3, 0.4) is 0 Å². The molecule has 0 spiro atoms. The van der Waals surface area contributed by atoms with Gasteiger partial charge < -0.3 is 9.84 Å². The Bertz CT molecular complexity index is 202. The Kier molecular flexibility index (Phi) is 4.77. The fourth-order valence-corrected chi connectivity index (χ4v) is 2.20. The summed E-state index contributed by atoms with van der Waals surface area (Å²) < 4.78 is 5.55. The highest BCUT2D eigenvalue weighted by Gasteiger charge is 2.28. The average molecular weight is 229 g/mol. The summed E-state index contributed by atoms with van der Waals surface area (Å²) in [6.45, 7) is 12.4. The molecule has 96 valence electrons. The first-order valence-electron chi connectivity index (χ1n) is 6.39. The van der Waals surface area contributed by atoms with E-state index in [1.165, 1.54) is 12.8 Å². The normalized spacial score (nSPS) is 22.7. The Labute approximate surface area is 99.8 Å². The first-order valence-corrected chi connectivity index (χ1v) is 6.39. The van der Waals surface area contributed by atoms with E-state index >= 15 is 0 Å². The number of aliphatic hydroxyl groups is 1. The van der Waals surface area contributed by atoms with E-state index < -0.39 is 6.41 Å². The summed E-state index contributed by atoms with van der Waals surface area (Å²) in [5.74, 6) is 1.56. The van der Waals surface area contributed by atoms with Crippen LogP contribution >= 0.6 is 0 Å². The fraction of sp³-hybridized carbons (Fsp3) is 1.00. The second-order valence-electron chi connectivity index (χ2n) is 6.17. The number of piperidine rings is 1. The molecule has 1 saturated heterocycles. The van der Waals surface area contributed by atoms with Crippen molar-refractivity contribution in [3.05, 3.63) is 0 Å². The van der Waals surface area contributed by atoms with Gasteiger partial charge in [-0.25, -0.2) is 0 Å². The Morgan fingerprint density at radius 1 is 1.19 bits per heavy atom. The summed E-state index contributed by atoms with van der Waals surface area (Å²) in [6, 6.07) is 0. The number of aliphatic hydroxyl groups excluding tert-OH is 1. The lowest BCUT2D eigenvalue weighted by Crippen LogP contribution is -2.46. The molecule has 1 N–H and O–H groups in total. The van der Waals surface area contributed by atoms with Gasteiger partial charge in [-0.2, -0.15) is 0 Å². The molecular formula is C13H27NO2. The maximum absolute atomic E-state index is 9.94. The summed E-state index contributed by atoms with van der Waals surface area (Å²) >= 11 is 0. The topological polar surface area (TPSA) is 32.7 Å². The van der Waals surface area contributed by atoms with E-state index in [1.54, 1.807) is 0 Å². The van der Waals surface area contributed by atoms with Crippen molar-refractivity contribution in [2.45, 2.75) is 59.5 Å². The highest BCUT2D eigenvalue weighted by atomic mass is 16.6. The van der Waals surface area contributed by atoms with Crippen LogP contribution in [0.25, 0.3) is 0 Å². The van der Waals surface area contributed by atoms with Gasteiger partial charge in [0.25, 0.3) is 0 Å². The summed E-state index contributed by atoms with van der Waals surface area (Å²) in [7, 11) is 0. The van der Waals surface area contributed by atoms with Gasteiger partial charge in [0.2, 0.25) is 6.41 Å². The van der Waals surface area contributed by atoms with Crippen molar-refractivity contribution in [1.82, 2.24) is 4.90 Å². The second-order valence-corrected chi connectivity index (χ2v) is 6.17. The number of rotatable bonds is 3. The first kappa shape index (κ1) is 13.9. The Balaban J connectivity index is 2.36. The maximum Gasteiger partial charge on any atom is 0.216 e. The lowest BCUT2D eigenvalue weighted by atomic mass is 9.87. The molecule has 3 heteroatoms. The second kappa shape index (κ2) is 5.48. The van der Waals surface area contributed by atoms with Crippen LogP contribution in [0.15, 0.2) is 0 Å². The lowest BCUT2D eigenvalue weighted by molar-refractivity contribution is -0.243. The molecule has 1 aliphatic rings. The fourth-order valence-electron chi connectivity index (χ4n) is 2.20. The minimum Gasteiger partial charge on any atom is -0.356 e. The van der Waals surface area contributed by atoms with Gasteiger partial charge in [-0.3, -0.25) is 4.90 Å². The van der Waals surface area contributed by atoms with Crippen molar-refractivity contribution in [2.75, 3.05) is 13.1 Å². The summed E-state index contributed by atoms with van der Waals surface area (Å²) in [5.41, 5.74) is -0.283. The molecule has 16 heavy (non-hydrogen) atoms. The first-order chi connectivity index (χ1) is 7.29. The van der Waals surface area contributed by atoms with E-state index in [0.29, 0.717) is 0 Å². The molecule has 0 aromatic rings. The Hall–Kier alpha value is -0.120. The van der Waals surface area contributed by atoms with E-state index in [4.69, 9.17) is 4.74 Å². The smallest absolute Gasteiger partial charge is 0.216 e. The summed E-state index contributed by atoms with van der Waals surface area (Å²) in [4.78, 5) is 2.03. The van der Waals surface area contributed by atoms with Gasteiger partial charge in [-0.05, 0) is 45.4 Å². The van der Waals surface area contributed by atoms with Crippen LogP contribution in [0, 0.1) is 11.8 Å². The number of hydrogen-bond donors (Lipinski definition) is 1. The molecule has 0 aliphatic carbocycles. The van der Waals surface area contributed by atoms with Crippen LogP contribution in [-0.4, -0.2) is 35.1 Å². The van der Waals surface area contributed by atoms with Crippen molar-refractivity contribution >= 4 is 0 Å². The zero-order chi connectivity index (χ0) is 12.3. The van der Waals surface area contributed by atoms with Crippen molar-refractivity contribution in [3.8, 4) is 0 Å². The molecule has 1 heterocycles. The van der Waals surface area contributed by atoms with E-state index in [9.17, 15) is 5.11 Å². The zero-order valence-electron chi connectivity index (χ0n) is 11.4. The summed E-state index contributed by atoms with van der Waals surface area (Å²) in [6.07, 6.45) is 1.60. The number of hydrogen-bond acceptors (Lipinski definition) is 3. The van der Waals surface area contributed by atoms with Crippen LogP contribution in [0.5, 0.6) is 0 Å². The highest BCUT2D eigenvalue weighted by Crippen LogP contribution is 2.26. The van der Waals surface area contributed by atoms with Gasteiger partial charge in [0.1, 0.15) is 0 Å². The molecule has 3 nitrogen and oxygen atoms in total. The molecular weight excluding hydrogens is 202 g/mol. The van der Waals surface area contributed by atoms with Crippen LogP contribution in [0.2, 0.25) is 0 Å². The molecule has 0 aromatic carbocycles. The van der Waals surface area contributed by atoms with Crippen LogP contribution in [0.4, 0.5) is 0 Å². The maximum atomic E-state index is 9.94. The van der Waals surface area contributed by atoms with Crippen molar-refractivity contribution in [2.24, 2.45) is 11.8 Å². The van der Waals surface area contributed by atoms with Gasteiger partial charge in [0.05, 0.1) is 5.60 Å². The van der Waals surface area contributed by atoms with Crippen LogP contribution in [0.1, 0.15) is 47.5 Å². The van der Waals surface area contributed by atoms with E-state index in [1.807, 2.05) is 25.7 Å². The standard InChI is InChI=1S/C13H27NO2/c1-10(2)11-6-8-14(9-7-11)12(15)16-13(3,4)5/h10-12,15H,6-9H2,1-5H3. The molecule has 1 fully saturated rings. The SMILES string of the molecule is CC(C)C1CCN(C(O)OC(C)(C)C)CC1. The Morgan fingerprint density at radius 2 is 1.69 bits per heavy atom. The molecule has 0 radical (unpaired) electrons. The number of nitrogens with zero attached hydrogens (tertiary/aromatic N) is 1. The minimum atomic E-state index is -0.742. The van der Waals surface area contributed by atoms with Crippen LogP contribution < -0.4 is 0 Å². The van der Waals surface area contributed by atoms with Gasteiger partial charge in [-0.1, -0.05) is 13.8 Å². The molecule has 1 rings (SSSR count). The van der Waals surface area contributed by atoms with E-state index in [0.717, 1.165) is 24.9 Å². The minimum absolute atomic E-state index is 0.283.